The lowest BCUT2D eigenvalue weighted by Crippen LogP contribution is -2.69. The average molecular weight is 399 g/mol. The molecule has 2 aromatic rings. The van der Waals surface area contributed by atoms with Gasteiger partial charge in [-0.05, 0) is 30.3 Å². The molecule has 1 aromatic carbocycles. The van der Waals surface area contributed by atoms with Crippen molar-refractivity contribution in [1.82, 2.24) is 15.6 Å². The normalized spacial score (nSPS) is 19.8. The third-order valence-electron chi connectivity index (χ3n) is 3.74. The number of imide groups is 1. The molecule has 4 amide bonds. The van der Waals surface area contributed by atoms with Crippen LogP contribution in [0.1, 0.15) is 10.4 Å². The number of hydrogen-bond donors (Lipinski definition) is 2. The molecule has 11 heteroatoms. The lowest BCUT2D eigenvalue weighted by atomic mass is 10.1. The highest BCUT2D eigenvalue weighted by Crippen LogP contribution is 2.36. The van der Waals surface area contributed by atoms with Gasteiger partial charge in [0.25, 0.3) is 17.5 Å². The maximum absolute atomic E-state index is 13.8. The van der Waals surface area contributed by atoms with Crippen LogP contribution in [0.15, 0.2) is 48.8 Å². The molecule has 27 heavy (non-hydrogen) atoms. The minimum absolute atomic E-state index is 0.108. The number of benzene rings is 1. The predicted molar refractivity (Wildman–Crippen MR) is 88.0 cm³/mol. The molecule has 7 nitrogen and oxygen atoms in total. The van der Waals surface area contributed by atoms with Crippen molar-refractivity contribution in [1.29, 1.82) is 0 Å². The molecule has 0 radical (unpaired) electrons. The summed E-state index contributed by atoms with van der Waals surface area (Å²) < 4.78 is 41.3. The van der Waals surface area contributed by atoms with Gasteiger partial charge in [-0.25, -0.2) is 9.69 Å². The summed E-state index contributed by atoms with van der Waals surface area (Å²) in [5.41, 5.74) is -4.02. The molecular formula is C16H10ClF3N4O3. The molecule has 1 fully saturated rings. The van der Waals surface area contributed by atoms with E-state index in [-0.39, 0.29) is 21.2 Å². The van der Waals surface area contributed by atoms with Gasteiger partial charge >= 0.3 is 12.2 Å². The molecule has 0 aliphatic carbocycles. The van der Waals surface area contributed by atoms with Gasteiger partial charge in [0.1, 0.15) is 0 Å². The van der Waals surface area contributed by atoms with Gasteiger partial charge in [0, 0.05) is 17.4 Å². The summed E-state index contributed by atoms with van der Waals surface area (Å²) in [6.07, 6.45) is -2.97. The van der Waals surface area contributed by atoms with Gasteiger partial charge in [0.05, 0.1) is 11.3 Å². The van der Waals surface area contributed by atoms with Crippen LogP contribution in [0, 0.1) is 0 Å². The van der Waals surface area contributed by atoms with Gasteiger partial charge in [0.2, 0.25) is 0 Å². The smallest absolute Gasteiger partial charge is 0.314 e. The van der Waals surface area contributed by atoms with E-state index in [9.17, 15) is 27.6 Å². The number of rotatable bonds is 3. The molecule has 1 aliphatic rings. The summed E-state index contributed by atoms with van der Waals surface area (Å²) in [6, 6.07) is 6.36. The zero-order chi connectivity index (χ0) is 19.8. The van der Waals surface area contributed by atoms with E-state index in [0.29, 0.717) is 0 Å². The minimum atomic E-state index is -5.31. The molecular weight excluding hydrogens is 389 g/mol. The Morgan fingerprint density at radius 1 is 1.22 bits per heavy atom. The minimum Gasteiger partial charge on any atom is -0.314 e. The molecule has 0 unspecified atom stereocenters. The number of halogens is 4. The largest absolute Gasteiger partial charge is 0.440 e. The number of nitrogens with one attached hydrogen (secondary N) is 2. The van der Waals surface area contributed by atoms with Crippen LogP contribution in [0.25, 0.3) is 0 Å². The van der Waals surface area contributed by atoms with Crippen molar-refractivity contribution >= 4 is 35.1 Å². The van der Waals surface area contributed by atoms with Crippen LogP contribution in [0.5, 0.6) is 0 Å². The molecule has 1 aliphatic heterocycles. The third-order valence-corrected chi connectivity index (χ3v) is 3.97. The van der Waals surface area contributed by atoms with Crippen LogP contribution in [-0.4, -0.2) is 34.7 Å². The van der Waals surface area contributed by atoms with Gasteiger partial charge in [0.15, 0.2) is 0 Å². The number of alkyl halides is 3. The van der Waals surface area contributed by atoms with Crippen LogP contribution in [-0.2, 0) is 4.79 Å². The van der Waals surface area contributed by atoms with Crippen molar-refractivity contribution in [3.8, 4) is 0 Å². The summed E-state index contributed by atoms with van der Waals surface area (Å²) in [4.78, 5) is 40.9. The summed E-state index contributed by atoms with van der Waals surface area (Å²) in [7, 11) is 0. The second-order valence-electron chi connectivity index (χ2n) is 5.49. The van der Waals surface area contributed by atoms with Crippen molar-refractivity contribution in [2.75, 3.05) is 4.90 Å². The van der Waals surface area contributed by atoms with Crippen LogP contribution in [0.4, 0.5) is 23.7 Å². The Kier molecular flexibility index (Phi) is 4.52. The number of carbonyl (C=O) groups excluding carboxylic acids is 3. The molecule has 0 spiro atoms. The number of amides is 4. The monoisotopic (exact) mass is 398 g/mol. The number of aromatic nitrogens is 1. The molecule has 0 saturated carbocycles. The molecule has 2 heterocycles. The van der Waals surface area contributed by atoms with Gasteiger partial charge in [-0.15, -0.1) is 0 Å². The summed E-state index contributed by atoms with van der Waals surface area (Å²) >= 11 is 5.78. The maximum atomic E-state index is 13.8. The van der Waals surface area contributed by atoms with E-state index >= 15 is 0 Å². The van der Waals surface area contributed by atoms with Crippen molar-refractivity contribution < 1.29 is 27.6 Å². The van der Waals surface area contributed by atoms with Gasteiger partial charge in [-0.3, -0.25) is 19.9 Å². The highest BCUT2D eigenvalue weighted by Gasteiger charge is 2.69. The number of urea groups is 1. The first-order valence-corrected chi connectivity index (χ1v) is 7.75. The molecule has 2 N–H and O–H groups in total. The molecule has 1 atom stereocenters. The first kappa shape index (κ1) is 18.6. The lowest BCUT2D eigenvalue weighted by Gasteiger charge is -2.29. The Hall–Kier alpha value is -3.14. The van der Waals surface area contributed by atoms with Crippen molar-refractivity contribution in [2.24, 2.45) is 0 Å². The number of nitrogens with zero attached hydrogens (tertiary/aromatic N) is 2. The Morgan fingerprint density at radius 2 is 1.96 bits per heavy atom. The Balaban J connectivity index is 2.02. The summed E-state index contributed by atoms with van der Waals surface area (Å²) in [6.45, 7) is 0. The molecule has 1 saturated heterocycles. The molecule has 0 bridgehead atoms. The van der Waals surface area contributed by atoms with Crippen LogP contribution < -0.4 is 15.5 Å². The van der Waals surface area contributed by atoms with Crippen LogP contribution >= 0.6 is 11.6 Å². The third kappa shape index (κ3) is 3.19. The van der Waals surface area contributed by atoms with Crippen LogP contribution in [0.2, 0.25) is 5.02 Å². The molecule has 140 valence electrons. The van der Waals surface area contributed by atoms with E-state index < -0.39 is 29.7 Å². The summed E-state index contributed by atoms with van der Waals surface area (Å²) in [5.74, 6) is -2.94. The van der Waals surface area contributed by atoms with Crippen molar-refractivity contribution in [2.45, 2.75) is 11.8 Å². The molecule has 3 rings (SSSR count). The zero-order valence-corrected chi connectivity index (χ0v) is 14.0. The van der Waals surface area contributed by atoms with Gasteiger partial charge in [-0.2, -0.15) is 13.2 Å². The van der Waals surface area contributed by atoms with E-state index in [1.54, 1.807) is 10.6 Å². The van der Waals surface area contributed by atoms with Crippen molar-refractivity contribution in [3.05, 3.63) is 59.4 Å². The maximum Gasteiger partial charge on any atom is 0.440 e. The fourth-order valence-electron chi connectivity index (χ4n) is 2.47. The van der Waals surface area contributed by atoms with Crippen molar-refractivity contribution in [3.63, 3.8) is 0 Å². The second kappa shape index (κ2) is 6.54. The van der Waals surface area contributed by atoms with E-state index in [1.807, 2.05) is 0 Å². The fourth-order valence-corrected chi connectivity index (χ4v) is 2.65. The SMILES string of the molecule is O=C(N[C@@]1(C(F)(F)F)NC(=O)N(c2cccc(Cl)c2)C1=O)c1cccnc1. The molecule has 1 aromatic heterocycles. The Morgan fingerprint density at radius 3 is 2.56 bits per heavy atom. The average Bonchev–Trinajstić information content (AvgIpc) is 2.86. The van der Waals surface area contributed by atoms with Gasteiger partial charge in [-0.1, -0.05) is 17.7 Å². The fraction of sp³-hybridized carbons (Fsp3) is 0.125. The lowest BCUT2D eigenvalue weighted by molar-refractivity contribution is -0.197. The summed E-state index contributed by atoms with van der Waals surface area (Å²) in [5, 5.41) is 3.23. The first-order chi connectivity index (χ1) is 12.7. The quantitative estimate of drug-likeness (QED) is 0.777. The zero-order valence-electron chi connectivity index (χ0n) is 13.2. The standard InChI is InChI=1S/C16H10ClF3N4O3/c17-10-4-1-5-11(7-10)24-13(26)15(16(18,19)20,23-14(24)27)22-12(25)9-3-2-6-21-8-9/h1-8H,(H,22,25)(H,23,27)/t15-/m1/s1. The second-order valence-corrected chi connectivity index (χ2v) is 5.93. The predicted octanol–water partition coefficient (Wildman–Crippen LogP) is 2.48. The number of hydrogen-bond acceptors (Lipinski definition) is 4. The number of pyridine rings is 1. The first-order valence-electron chi connectivity index (χ1n) is 7.37. The van der Waals surface area contributed by atoms with E-state index in [2.05, 4.69) is 4.98 Å². The highest BCUT2D eigenvalue weighted by molar-refractivity contribution is 6.31. The Labute approximate surface area is 155 Å². The van der Waals surface area contributed by atoms with Gasteiger partial charge < -0.3 is 5.32 Å². The topological polar surface area (TPSA) is 91.4 Å². The number of anilines is 1. The highest BCUT2D eigenvalue weighted by atomic mass is 35.5. The van der Waals surface area contributed by atoms with Crippen LogP contribution in [0.3, 0.4) is 0 Å². The van der Waals surface area contributed by atoms with E-state index in [4.69, 9.17) is 11.6 Å². The number of carbonyl (C=O) groups is 3. The Bertz CT molecular complexity index is 923. The van der Waals surface area contributed by atoms with E-state index in [1.165, 1.54) is 36.5 Å². The van der Waals surface area contributed by atoms with E-state index in [0.717, 1.165) is 12.3 Å².